The number of carbonyl (C=O) groups excluding carboxylic acids is 3. The number of carbonyl (C=O) groups is 3. The lowest BCUT2D eigenvalue weighted by Crippen LogP contribution is -2.52. The first-order valence-corrected chi connectivity index (χ1v) is 7.18. The number of halogens is 2. The molecule has 1 atom stereocenters. The lowest BCUT2D eigenvalue weighted by molar-refractivity contribution is -0.136. The maximum absolute atomic E-state index is 13.4. The fourth-order valence-corrected chi connectivity index (χ4v) is 3.50. The molecule has 0 radical (unpaired) electrons. The molecule has 3 amide bonds. The van der Waals surface area contributed by atoms with Crippen LogP contribution < -0.4 is 5.32 Å². The summed E-state index contributed by atoms with van der Waals surface area (Å²) in [6, 6.07) is 1.96. The molecule has 2 aliphatic rings. The quantitative estimate of drug-likeness (QED) is 0.581. The van der Waals surface area contributed by atoms with Gasteiger partial charge < -0.3 is 4.90 Å². The van der Waals surface area contributed by atoms with E-state index in [0.717, 1.165) is 0 Å². The van der Waals surface area contributed by atoms with E-state index in [1.807, 2.05) is 22.6 Å². The van der Waals surface area contributed by atoms with E-state index in [2.05, 4.69) is 5.32 Å². The van der Waals surface area contributed by atoms with Gasteiger partial charge in [-0.2, -0.15) is 0 Å². The highest BCUT2D eigenvalue weighted by atomic mass is 127. The number of rotatable bonds is 1. The Morgan fingerprint density at radius 2 is 2.05 bits per heavy atom. The molecule has 1 aromatic rings. The highest BCUT2D eigenvalue weighted by Gasteiger charge is 2.40. The van der Waals surface area contributed by atoms with Gasteiger partial charge in [0, 0.05) is 16.5 Å². The second-order valence-corrected chi connectivity index (χ2v) is 5.98. The summed E-state index contributed by atoms with van der Waals surface area (Å²) in [6.07, 6.45) is 0.519. The molecule has 1 N–H and O–H groups in total. The van der Waals surface area contributed by atoms with Crippen LogP contribution in [0.25, 0.3) is 0 Å². The maximum atomic E-state index is 13.4. The third-order valence-electron chi connectivity index (χ3n) is 3.54. The summed E-state index contributed by atoms with van der Waals surface area (Å²) in [4.78, 5) is 36.8. The van der Waals surface area contributed by atoms with Crippen LogP contribution in [0.2, 0.25) is 0 Å². The number of piperidine rings is 1. The molecule has 1 saturated heterocycles. The van der Waals surface area contributed by atoms with E-state index >= 15 is 0 Å². The molecule has 5 nitrogen and oxygen atoms in total. The summed E-state index contributed by atoms with van der Waals surface area (Å²) < 4.78 is 13.9. The Morgan fingerprint density at radius 1 is 1.30 bits per heavy atom. The Hall–Kier alpha value is -1.51. The molecule has 2 aliphatic heterocycles. The molecule has 2 heterocycles. The number of nitrogens with zero attached hydrogens (tertiary/aromatic N) is 1. The Balaban J connectivity index is 1.92. The van der Waals surface area contributed by atoms with Gasteiger partial charge in [-0.3, -0.25) is 19.7 Å². The van der Waals surface area contributed by atoms with Gasteiger partial charge in [0.2, 0.25) is 11.8 Å². The van der Waals surface area contributed by atoms with Crippen molar-refractivity contribution in [1.82, 2.24) is 10.2 Å². The van der Waals surface area contributed by atoms with Crippen molar-refractivity contribution in [2.45, 2.75) is 25.4 Å². The normalized spacial score (nSPS) is 22.0. The Bertz CT molecular complexity index is 647. The van der Waals surface area contributed by atoms with Crippen LogP contribution in [0.1, 0.15) is 28.8 Å². The van der Waals surface area contributed by atoms with Gasteiger partial charge in [-0.15, -0.1) is 0 Å². The zero-order chi connectivity index (χ0) is 14.4. The summed E-state index contributed by atoms with van der Waals surface area (Å²) in [5.74, 6) is -1.46. The van der Waals surface area contributed by atoms with Crippen LogP contribution in [0, 0.1) is 9.39 Å². The third kappa shape index (κ3) is 2.09. The molecule has 0 spiro atoms. The molecule has 0 unspecified atom stereocenters. The molecule has 3 rings (SSSR count). The fraction of sp³-hybridized carbons (Fsp3) is 0.308. The van der Waals surface area contributed by atoms with Gasteiger partial charge >= 0.3 is 0 Å². The number of benzene rings is 1. The third-order valence-corrected chi connectivity index (χ3v) is 4.39. The zero-order valence-electron chi connectivity index (χ0n) is 10.3. The molecule has 7 heteroatoms. The van der Waals surface area contributed by atoms with Gasteiger partial charge in [0.15, 0.2) is 0 Å². The van der Waals surface area contributed by atoms with Crippen LogP contribution in [0.4, 0.5) is 4.39 Å². The first-order valence-electron chi connectivity index (χ1n) is 6.10. The van der Waals surface area contributed by atoms with Crippen LogP contribution in [-0.2, 0) is 16.1 Å². The van der Waals surface area contributed by atoms with Crippen LogP contribution in [-0.4, -0.2) is 28.7 Å². The smallest absolute Gasteiger partial charge is 0.256 e. The lowest BCUT2D eigenvalue weighted by Gasteiger charge is -2.29. The summed E-state index contributed by atoms with van der Waals surface area (Å²) >= 11 is 1.91. The van der Waals surface area contributed by atoms with Crippen molar-refractivity contribution in [3.8, 4) is 0 Å². The van der Waals surface area contributed by atoms with Crippen molar-refractivity contribution in [1.29, 1.82) is 0 Å². The molecular weight excluding hydrogens is 378 g/mol. The van der Waals surface area contributed by atoms with Gasteiger partial charge in [0.1, 0.15) is 11.9 Å². The number of hydrogen-bond acceptors (Lipinski definition) is 3. The second kappa shape index (κ2) is 4.80. The minimum Gasteiger partial charge on any atom is -0.322 e. The number of nitrogens with one attached hydrogen (secondary N) is 1. The van der Waals surface area contributed by atoms with Crippen molar-refractivity contribution in [2.75, 3.05) is 0 Å². The van der Waals surface area contributed by atoms with Crippen LogP contribution in [0.3, 0.4) is 0 Å². The van der Waals surface area contributed by atoms with Gasteiger partial charge in [-0.25, -0.2) is 4.39 Å². The SMILES string of the molecule is O=C1CC[C@H](N2Cc3cc(F)cc(I)c3C2=O)C(=O)N1. The average molecular weight is 388 g/mol. The Labute approximate surface area is 127 Å². The van der Waals surface area contributed by atoms with Gasteiger partial charge in [0.25, 0.3) is 5.91 Å². The summed E-state index contributed by atoms with van der Waals surface area (Å²) in [5, 5.41) is 2.23. The predicted molar refractivity (Wildman–Crippen MR) is 75.2 cm³/mol. The number of amides is 3. The van der Waals surface area contributed by atoms with E-state index in [1.165, 1.54) is 17.0 Å². The van der Waals surface area contributed by atoms with E-state index < -0.39 is 17.8 Å². The first kappa shape index (κ1) is 13.5. The highest BCUT2D eigenvalue weighted by Crippen LogP contribution is 2.31. The largest absolute Gasteiger partial charge is 0.322 e. The molecule has 0 saturated carbocycles. The van der Waals surface area contributed by atoms with Crippen molar-refractivity contribution in [3.05, 3.63) is 32.6 Å². The molecule has 104 valence electrons. The number of fused-ring (bicyclic) bond motifs is 1. The Morgan fingerprint density at radius 3 is 2.75 bits per heavy atom. The Kier molecular flexibility index (Phi) is 3.23. The van der Waals surface area contributed by atoms with Gasteiger partial charge in [0.05, 0.1) is 5.56 Å². The zero-order valence-corrected chi connectivity index (χ0v) is 12.4. The van der Waals surface area contributed by atoms with Crippen molar-refractivity contribution >= 4 is 40.3 Å². The monoisotopic (exact) mass is 388 g/mol. The standard InChI is InChI=1S/C13H10FIN2O3/c14-7-3-6-5-17(13(20)11(6)8(15)4-7)9-1-2-10(18)16-12(9)19/h3-4,9H,1-2,5H2,(H,16,18,19)/t9-/m0/s1. The average Bonchev–Trinajstić information content (AvgIpc) is 2.66. The molecule has 1 fully saturated rings. The first-order chi connectivity index (χ1) is 9.47. The summed E-state index contributed by atoms with van der Waals surface area (Å²) in [6.45, 7) is 0.203. The number of hydrogen-bond donors (Lipinski definition) is 1. The molecule has 0 bridgehead atoms. The van der Waals surface area contributed by atoms with Crippen LogP contribution in [0.5, 0.6) is 0 Å². The minimum atomic E-state index is -0.661. The summed E-state index contributed by atoms with van der Waals surface area (Å²) in [5.41, 5.74) is 1.04. The minimum absolute atomic E-state index is 0.203. The molecule has 0 aliphatic carbocycles. The maximum Gasteiger partial charge on any atom is 0.256 e. The van der Waals surface area contributed by atoms with Crippen LogP contribution >= 0.6 is 22.6 Å². The van der Waals surface area contributed by atoms with E-state index in [-0.39, 0.29) is 24.8 Å². The fourth-order valence-electron chi connectivity index (χ4n) is 2.62. The van der Waals surface area contributed by atoms with Crippen molar-refractivity contribution in [3.63, 3.8) is 0 Å². The van der Waals surface area contributed by atoms with E-state index in [4.69, 9.17) is 0 Å². The molecule has 0 aromatic heterocycles. The van der Waals surface area contributed by atoms with E-state index in [9.17, 15) is 18.8 Å². The van der Waals surface area contributed by atoms with Crippen LogP contribution in [0.15, 0.2) is 12.1 Å². The topological polar surface area (TPSA) is 66.5 Å². The van der Waals surface area contributed by atoms with Gasteiger partial charge in [-0.05, 0) is 46.7 Å². The highest BCUT2D eigenvalue weighted by molar-refractivity contribution is 14.1. The van der Waals surface area contributed by atoms with E-state index in [1.54, 1.807) is 0 Å². The van der Waals surface area contributed by atoms with Crippen molar-refractivity contribution < 1.29 is 18.8 Å². The molecule has 1 aromatic carbocycles. The predicted octanol–water partition coefficient (Wildman–Crippen LogP) is 1.19. The summed E-state index contributed by atoms with van der Waals surface area (Å²) in [7, 11) is 0. The molecular formula is C13H10FIN2O3. The second-order valence-electron chi connectivity index (χ2n) is 4.82. The lowest BCUT2D eigenvalue weighted by atomic mass is 10.0. The van der Waals surface area contributed by atoms with Gasteiger partial charge in [-0.1, -0.05) is 0 Å². The number of imide groups is 1. The van der Waals surface area contributed by atoms with E-state index in [0.29, 0.717) is 21.1 Å². The molecule has 20 heavy (non-hydrogen) atoms. The van der Waals surface area contributed by atoms with Crippen molar-refractivity contribution in [2.24, 2.45) is 0 Å².